The molecule has 0 saturated carbocycles. The Bertz CT molecular complexity index is 459. The summed E-state index contributed by atoms with van der Waals surface area (Å²) in [6, 6.07) is 0. The van der Waals surface area contributed by atoms with E-state index < -0.39 is 5.97 Å². The van der Waals surface area contributed by atoms with Gasteiger partial charge in [0.05, 0.1) is 5.69 Å². The van der Waals surface area contributed by atoms with Crippen LogP contribution in [-0.4, -0.2) is 41.6 Å². The summed E-state index contributed by atoms with van der Waals surface area (Å²) < 4.78 is 9.15. The molecule has 1 heterocycles. The molecule has 0 aliphatic carbocycles. The van der Waals surface area contributed by atoms with Crippen molar-refractivity contribution < 1.29 is 19.4 Å². The second kappa shape index (κ2) is 7.20. The number of hydrogen-bond donors (Lipinski definition) is 1. The fourth-order valence-electron chi connectivity index (χ4n) is 1.58. The molecule has 7 heteroatoms. The van der Waals surface area contributed by atoms with E-state index in [0.29, 0.717) is 36.8 Å². The van der Waals surface area contributed by atoms with Gasteiger partial charge in [-0.25, -0.2) is 4.79 Å². The summed E-state index contributed by atoms with van der Waals surface area (Å²) in [6.07, 6.45) is 0.948. The van der Waals surface area contributed by atoms with Gasteiger partial charge in [-0.2, -0.15) is 4.37 Å². The van der Waals surface area contributed by atoms with E-state index >= 15 is 0 Å². The van der Waals surface area contributed by atoms with E-state index in [-0.39, 0.29) is 11.5 Å². The number of hydrogen-bond acceptors (Lipinski definition) is 5. The van der Waals surface area contributed by atoms with Crippen LogP contribution in [0.5, 0.6) is 0 Å². The van der Waals surface area contributed by atoms with Gasteiger partial charge in [-0.05, 0) is 31.8 Å². The van der Waals surface area contributed by atoms with Crippen LogP contribution in [0.15, 0.2) is 0 Å². The molecule has 0 unspecified atom stereocenters. The van der Waals surface area contributed by atoms with Crippen molar-refractivity contribution in [1.82, 2.24) is 4.37 Å². The Morgan fingerprint density at radius 2 is 2.16 bits per heavy atom. The van der Waals surface area contributed by atoms with Gasteiger partial charge in [-0.1, -0.05) is 0 Å². The maximum absolute atomic E-state index is 11.9. The standard InChI is InChI=1S/C12H18N2O4S/c1-4-18-7-5-6-9(15)14(3)11-10(12(16)17)8(2)13-19-11/h4-7H2,1-3H3,(H,16,17). The molecule has 0 aliphatic heterocycles. The molecule has 1 aromatic rings. The minimum absolute atomic E-state index is 0.102. The van der Waals surface area contributed by atoms with E-state index in [1.54, 1.807) is 14.0 Å². The van der Waals surface area contributed by atoms with Crippen LogP contribution in [0.4, 0.5) is 5.00 Å². The van der Waals surface area contributed by atoms with E-state index in [4.69, 9.17) is 9.84 Å². The van der Waals surface area contributed by atoms with Gasteiger partial charge < -0.3 is 14.7 Å². The second-order valence-corrected chi connectivity index (χ2v) is 4.76. The van der Waals surface area contributed by atoms with Crippen LogP contribution in [0.25, 0.3) is 0 Å². The number of rotatable bonds is 7. The molecule has 1 rings (SSSR count). The van der Waals surface area contributed by atoms with Gasteiger partial charge in [0.25, 0.3) is 0 Å². The highest BCUT2D eigenvalue weighted by Gasteiger charge is 2.23. The van der Waals surface area contributed by atoms with Crippen LogP contribution >= 0.6 is 11.5 Å². The quantitative estimate of drug-likeness (QED) is 0.775. The zero-order valence-electron chi connectivity index (χ0n) is 11.3. The molecule has 0 aromatic carbocycles. The molecular formula is C12H18N2O4S. The Balaban J connectivity index is 2.69. The lowest BCUT2D eigenvalue weighted by atomic mass is 10.2. The molecule has 1 amide bonds. The summed E-state index contributed by atoms with van der Waals surface area (Å²) in [6.45, 7) is 4.68. The van der Waals surface area contributed by atoms with Gasteiger partial charge in [0.15, 0.2) is 0 Å². The lowest BCUT2D eigenvalue weighted by molar-refractivity contribution is -0.118. The zero-order valence-corrected chi connectivity index (χ0v) is 12.1. The zero-order chi connectivity index (χ0) is 14.4. The maximum atomic E-state index is 11.9. The topological polar surface area (TPSA) is 79.7 Å². The van der Waals surface area contributed by atoms with Crippen molar-refractivity contribution in [2.24, 2.45) is 0 Å². The first-order chi connectivity index (χ1) is 8.99. The molecule has 0 spiro atoms. The summed E-state index contributed by atoms with van der Waals surface area (Å²) in [7, 11) is 1.57. The van der Waals surface area contributed by atoms with Crippen LogP contribution < -0.4 is 4.90 Å². The second-order valence-electron chi connectivity index (χ2n) is 4.01. The van der Waals surface area contributed by atoms with E-state index in [0.717, 1.165) is 11.5 Å². The fourth-order valence-corrected chi connectivity index (χ4v) is 2.45. The van der Waals surface area contributed by atoms with Gasteiger partial charge in [0.1, 0.15) is 10.6 Å². The highest BCUT2D eigenvalue weighted by Crippen LogP contribution is 2.28. The van der Waals surface area contributed by atoms with Gasteiger partial charge in [-0.3, -0.25) is 4.79 Å². The van der Waals surface area contributed by atoms with Crippen molar-refractivity contribution in [1.29, 1.82) is 0 Å². The molecule has 1 N–H and O–H groups in total. The number of aromatic nitrogens is 1. The Morgan fingerprint density at radius 1 is 1.47 bits per heavy atom. The van der Waals surface area contributed by atoms with E-state index in [1.807, 2.05) is 6.92 Å². The SMILES string of the molecule is CCOCCCC(=O)N(C)c1snc(C)c1C(=O)O. The average molecular weight is 286 g/mol. The van der Waals surface area contributed by atoms with Crippen molar-refractivity contribution in [2.45, 2.75) is 26.7 Å². The monoisotopic (exact) mass is 286 g/mol. The summed E-state index contributed by atoms with van der Waals surface area (Å²) in [5, 5.41) is 9.50. The van der Waals surface area contributed by atoms with Gasteiger partial charge >= 0.3 is 5.97 Å². The van der Waals surface area contributed by atoms with E-state index in [1.165, 1.54) is 4.90 Å². The summed E-state index contributed by atoms with van der Waals surface area (Å²) in [4.78, 5) is 24.4. The van der Waals surface area contributed by atoms with E-state index in [2.05, 4.69) is 4.37 Å². The van der Waals surface area contributed by atoms with E-state index in [9.17, 15) is 9.59 Å². The number of anilines is 1. The first-order valence-electron chi connectivity index (χ1n) is 6.02. The molecule has 0 radical (unpaired) electrons. The van der Waals surface area contributed by atoms with Crippen LogP contribution in [-0.2, 0) is 9.53 Å². The number of carboxylic acid groups (broad SMARTS) is 1. The van der Waals surface area contributed by atoms with Crippen molar-refractivity contribution in [3.63, 3.8) is 0 Å². The third-order valence-corrected chi connectivity index (χ3v) is 3.64. The lowest BCUT2D eigenvalue weighted by Crippen LogP contribution is -2.27. The Morgan fingerprint density at radius 3 is 2.74 bits per heavy atom. The highest BCUT2D eigenvalue weighted by atomic mass is 32.1. The average Bonchev–Trinajstić information content (AvgIpc) is 2.75. The number of carbonyl (C=O) groups is 2. The predicted molar refractivity (Wildman–Crippen MR) is 72.9 cm³/mol. The Labute approximate surface area is 116 Å². The summed E-state index contributed by atoms with van der Waals surface area (Å²) in [5.74, 6) is -1.19. The third kappa shape index (κ3) is 4.00. The van der Waals surface area contributed by atoms with Crippen molar-refractivity contribution in [3.05, 3.63) is 11.3 Å². The molecule has 0 atom stereocenters. The molecule has 19 heavy (non-hydrogen) atoms. The normalized spacial score (nSPS) is 10.5. The van der Waals surface area contributed by atoms with Crippen LogP contribution in [0.2, 0.25) is 0 Å². The number of carboxylic acids is 1. The van der Waals surface area contributed by atoms with Gasteiger partial charge in [-0.15, -0.1) is 0 Å². The summed E-state index contributed by atoms with van der Waals surface area (Å²) >= 11 is 1.03. The van der Waals surface area contributed by atoms with Crippen molar-refractivity contribution >= 4 is 28.4 Å². The van der Waals surface area contributed by atoms with Gasteiger partial charge in [0.2, 0.25) is 5.91 Å². The fraction of sp³-hybridized carbons (Fsp3) is 0.583. The van der Waals surface area contributed by atoms with Crippen LogP contribution in [0, 0.1) is 6.92 Å². The summed E-state index contributed by atoms with van der Waals surface area (Å²) in [5.41, 5.74) is 0.534. The largest absolute Gasteiger partial charge is 0.478 e. The number of aromatic carboxylic acids is 1. The smallest absolute Gasteiger partial charge is 0.340 e. The minimum atomic E-state index is -1.06. The predicted octanol–water partition coefficient (Wildman–Crippen LogP) is 1.93. The molecule has 6 nitrogen and oxygen atoms in total. The lowest BCUT2D eigenvalue weighted by Gasteiger charge is -2.15. The van der Waals surface area contributed by atoms with Crippen LogP contribution in [0.3, 0.4) is 0 Å². The van der Waals surface area contributed by atoms with Crippen molar-refractivity contribution in [2.75, 3.05) is 25.2 Å². The first-order valence-corrected chi connectivity index (χ1v) is 6.80. The number of nitrogens with zero attached hydrogens (tertiary/aromatic N) is 2. The Kier molecular flexibility index (Phi) is 5.91. The molecule has 106 valence electrons. The number of aryl methyl sites for hydroxylation is 1. The molecule has 0 saturated heterocycles. The molecule has 0 fully saturated rings. The van der Waals surface area contributed by atoms with Crippen molar-refractivity contribution in [3.8, 4) is 0 Å². The first kappa shape index (κ1) is 15.6. The molecular weight excluding hydrogens is 268 g/mol. The molecule has 0 aliphatic rings. The highest BCUT2D eigenvalue weighted by molar-refractivity contribution is 7.11. The van der Waals surface area contributed by atoms with Gasteiger partial charge in [0, 0.05) is 26.7 Å². The Hall–Kier alpha value is -1.47. The number of carbonyl (C=O) groups excluding carboxylic acids is 1. The number of ether oxygens (including phenoxy) is 1. The maximum Gasteiger partial charge on any atom is 0.340 e. The molecule has 0 bridgehead atoms. The molecule has 1 aromatic heterocycles. The van der Waals surface area contributed by atoms with Crippen LogP contribution in [0.1, 0.15) is 35.8 Å². The minimum Gasteiger partial charge on any atom is -0.478 e. The number of amides is 1. The third-order valence-electron chi connectivity index (χ3n) is 2.62.